The molecule has 0 spiro atoms. The third-order valence-corrected chi connectivity index (χ3v) is 1.94. The van der Waals surface area contributed by atoms with Crippen molar-refractivity contribution >= 4 is 17.3 Å². The number of benzene rings is 1. The topological polar surface area (TPSA) is 44.5 Å². The molecular weight excluding hydrogens is 202 g/mol. The number of nitrogen functional groups attached to an aromatic ring is 1. The summed E-state index contributed by atoms with van der Waals surface area (Å²) in [5.74, 6) is 0.638. The summed E-state index contributed by atoms with van der Waals surface area (Å²) in [6.45, 7) is 2.44. The molecule has 0 bridgehead atoms. The molecule has 1 atom stereocenters. The number of halogens is 1. The first-order chi connectivity index (χ1) is 6.63. The largest absolute Gasteiger partial charge is 0.486 e. The minimum absolute atomic E-state index is 0.0246. The van der Waals surface area contributed by atoms with Crippen molar-refractivity contribution in [2.45, 2.75) is 13.0 Å². The third kappa shape index (κ3) is 3.09. The zero-order valence-corrected chi connectivity index (χ0v) is 9.04. The van der Waals surface area contributed by atoms with Crippen LogP contribution in [0.15, 0.2) is 18.2 Å². The molecule has 0 aromatic heterocycles. The maximum absolute atomic E-state index is 5.75. The van der Waals surface area contributed by atoms with Crippen LogP contribution in [0.4, 0.5) is 5.69 Å². The third-order valence-electron chi connectivity index (χ3n) is 1.70. The van der Waals surface area contributed by atoms with E-state index in [1.807, 2.05) is 6.92 Å². The molecule has 1 aromatic carbocycles. The molecule has 0 unspecified atom stereocenters. The molecule has 14 heavy (non-hydrogen) atoms. The van der Waals surface area contributed by atoms with E-state index in [4.69, 9.17) is 26.8 Å². The average molecular weight is 216 g/mol. The standard InChI is InChI=1S/C10H14ClNO2/c1-7(6-13-2)14-10-4-3-8(11)5-9(10)12/h3-5,7H,6,12H2,1-2H3/t7-/m1/s1. The molecule has 0 amide bonds. The lowest BCUT2D eigenvalue weighted by molar-refractivity contribution is 0.0926. The Bertz CT molecular complexity index is 304. The Balaban J connectivity index is 2.67. The van der Waals surface area contributed by atoms with Crippen molar-refractivity contribution in [1.82, 2.24) is 0 Å². The SMILES string of the molecule is COC[C@@H](C)Oc1ccc(Cl)cc1N. The van der Waals surface area contributed by atoms with Gasteiger partial charge in [0, 0.05) is 12.1 Å². The Labute approximate surface area is 88.8 Å². The van der Waals surface area contributed by atoms with Gasteiger partial charge in [0.2, 0.25) is 0 Å². The van der Waals surface area contributed by atoms with Crippen molar-refractivity contribution in [1.29, 1.82) is 0 Å². The van der Waals surface area contributed by atoms with E-state index in [0.29, 0.717) is 23.1 Å². The molecule has 1 rings (SSSR count). The first-order valence-electron chi connectivity index (χ1n) is 4.34. The van der Waals surface area contributed by atoms with Gasteiger partial charge in [0.1, 0.15) is 11.9 Å². The van der Waals surface area contributed by atoms with E-state index in [1.165, 1.54) is 0 Å². The van der Waals surface area contributed by atoms with Crippen LogP contribution in [0.25, 0.3) is 0 Å². The average Bonchev–Trinajstić information content (AvgIpc) is 2.10. The number of rotatable bonds is 4. The maximum Gasteiger partial charge on any atom is 0.142 e. The molecule has 0 heterocycles. The van der Waals surface area contributed by atoms with Crippen LogP contribution in [0.2, 0.25) is 5.02 Å². The van der Waals surface area contributed by atoms with Crippen molar-refractivity contribution in [2.24, 2.45) is 0 Å². The lowest BCUT2D eigenvalue weighted by Crippen LogP contribution is -2.18. The Hall–Kier alpha value is -0.930. The number of anilines is 1. The zero-order valence-electron chi connectivity index (χ0n) is 8.29. The normalized spacial score (nSPS) is 12.5. The summed E-state index contributed by atoms with van der Waals surface area (Å²) in [5, 5.41) is 0.606. The lowest BCUT2D eigenvalue weighted by Gasteiger charge is -2.15. The van der Waals surface area contributed by atoms with Crippen LogP contribution in [0.5, 0.6) is 5.75 Å². The Morgan fingerprint density at radius 3 is 2.79 bits per heavy atom. The van der Waals surface area contributed by atoms with Gasteiger partial charge in [-0.05, 0) is 25.1 Å². The second kappa shape index (κ2) is 5.08. The number of ether oxygens (including phenoxy) is 2. The number of nitrogens with two attached hydrogens (primary N) is 1. The van der Waals surface area contributed by atoms with Crippen LogP contribution in [-0.2, 0) is 4.74 Å². The fraction of sp³-hybridized carbons (Fsp3) is 0.400. The van der Waals surface area contributed by atoms with Gasteiger partial charge in [0.05, 0.1) is 12.3 Å². The Morgan fingerprint density at radius 1 is 1.50 bits per heavy atom. The van der Waals surface area contributed by atoms with Gasteiger partial charge in [-0.3, -0.25) is 0 Å². The van der Waals surface area contributed by atoms with Crippen LogP contribution < -0.4 is 10.5 Å². The first-order valence-corrected chi connectivity index (χ1v) is 4.72. The lowest BCUT2D eigenvalue weighted by atomic mass is 10.3. The molecule has 2 N–H and O–H groups in total. The highest BCUT2D eigenvalue weighted by atomic mass is 35.5. The number of hydrogen-bond donors (Lipinski definition) is 1. The predicted molar refractivity (Wildman–Crippen MR) is 57.8 cm³/mol. The molecule has 0 aliphatic rings. The van der Waals surface area contributed by atoms with Gasteiger partial charge in [-0.25, -0.2) is 0 Å². The highest BCUT2D eigenvalue weighted by Crippen LogP contribution is 2.25. The van der Waals surface area contributed by atoms with Crippen LogP contribution in [-0.4, -0.2) is 19.8 Å². The second-order valence-corrected chi connectivity index (χ2v) is 3.50. The zero-order chi connectivity index (χ0) is 10.6. The van der Waals surface area contributed by atoms with Crippen molar-refractivity contribution in [3.63, 3.8) is 0 Å². The summed E-state index contributed by atoms with van der Waals surface area (Å²) in [5.41, 5.74) is 6.26. The molecular formula is C10H14ClNO2. The van der Waals surface area contributed by atoms with E-state index in [1.54, 1.807) is 25.3 Å². The highest BCUT2D eigenvalue weighted by molar-refractivity contribution is 6.30. The van der Waals surface area contributed by atoms with Crippen molar-refractivity contribution in [3.8, 4) is 5.75 Å². The Kier molecular flexibility index (Phi) is 4.04. The van der Waals surface area contributed by atoms with Crippen LogP contribution in [0.3, 0.4) is 0 Å². The molecule has 4 heteroatoms. The summed E-state index contributed by atoms with van der Waals surface area (Å²) < 4.78 is 10.5. The molecule has 0 saturated heterocycles. The first kappa shape index (κ1) is 11.1. The van der Waals surface area contributed by atoms with Crippen LogP contribution in [0.1, 0.15) is 6.92 Å². The highest BCUT2D eigenvalue weighted by Gasteiger charge is 2.06. The molecule has 0 aliphatic heterocycles. The van der Waals surface area contributed by atoms with E-state index in [0.717, 1.165) is 0 Å². The molecule has 0 aliphatic carbocycles. The number of hydrogen-bond acceptors (Lipinski definition) is 3. The molecule has 3 nitrogen and oxygen atoms in total. The fourth-order valence-electron chi connectivity index (χ4n) is 1.11. The van der Waals surface area contributed by atoms with Gasteiger partial charge < -0.3 is 15.2 Å². The quantitative estimate of drug-likeness (QED) is 0.785. The van der Waals surface area contributed by atoms with Gasteiger partial charge in [0.15, 0.2) is 0 Å². The van der Waals surface area contributed by atoms with Crippen molar-refractivity contribution in [3.05, 3.63) is 23.2 Å². The minimum atomic E-state index is -0.0246. The maximum atomic E-state index is 5.75. The summed E-state index contributed by atoms with van der Waals surface area (Å²) >= 11 is 5.75. The van der Waals surface area contributed by atoms with Gasteiger partial charge in [-0.2, -0.15) is 0 Å². The summed E-state index contributed by atoms with van der Waals surface area (Å²) in [6.07, 6.45) is -0.0246. The van der Waals surface area contributed by atoms with Crippen molar-refractivity contribution < 1.29 is 9.47 Å². The van der Waals surface area contributed by atoms with Crippen molar-refractivity contribution in [2.75, 3.05) is 19.5 Å². The molecule has 0 radical (unpaired) electrons. The van der Waals surface area contributed by atoms with Gasteiger partial charge in [-0.1, -0.05) is 11.6 Å². The fourth-order valence-corrected chi connectivity index (χ4v) is 1.29. The smallest absolute Gasteiger partial charge is 0.142 e. The molecule has 1 aromatic rings. The van der Waals surface area contributed by atoms with E-state index in [9.17, 15) is 0 Å². The van der Waals surface area contributed by atoms with E-state index in [-0.39, 0.29) is 6.10 Å². The van der Waals surface area contributed by atoms with Crippen LogP contribution >= 0.6 is 11.6 Å². The predicted octanol–water partition coefficient (Wildman–Crippen LogP) is 2.34. The monoisotopic (exact) mass is 215 g/mol. The second-order valence-electron chi connectivity index (χ2n) is 3.07. The van der Waals surface area contributed by atoms with E-state index < -0.39 is 0 Å². The summed E-state index contributed by atoms with van der Waals surface area (Å²) in [7, 11) is 1.63. The van der Waals surface area contributed by atoms with Gasteiger partial charge in [-0.15, -0.1) is 0 Å². The number of methoxy groups -OCH3 is 1. The van der Waals surface area contributed by atoms with E-state index >= 15 is 0 Å². The molecule has 0 fully saturated rings. The van der Waals surface area contributed by atoms with Crippen LogP contribution in [0, 0.1) is 0 Å². The Morgan fingerprint density at radius 2 is 2.21 bits per heavy atom. The molecule has 0 saturated carbocycles. The molecule has 78 valence electrons. The minimum Gasteiger partial charge on any atom is -0.486 e. The summed E-state index contributed by atoms with van der Waals surface area (Å²) in [6, 6.07) is 5.16. The van der Waals surface area contributed by atoms with Gasteiger partial charge >= 0.3 is 0 Å². The summed E-state index contributed by atoms with van der Waals surface area (Å²) in [4.78, 5) is 0. The van der Waals surface area contributed by atoms with Gasteiger partial charge in [0.25, 0.3) is 0 Å². The van der Waals surface area contributed by atoms with E-state index in [2.05, 4.69) is 0 Å².